The van der Waals surface area contributed by atoms with Gasteiger partial charge >= 0.3 is 0 Å². The van der Waals surface area contributed by atoms with Gasteiger partial charge in [-0.25, -0.2) is 4.39 Å². The topological polar surface area (TPSA) is 73.4 Å². The number of nitriles is 1. The van der Waals surface area contributed by atoms with E-state index in [1.165, 1.54) is 18.2 Å². The van der Waals surface area contributed by atoms with Crippen LogP contribution in [0.1, 0.15) is 21.5 Å². The Hall–Kier alpha value is -3.07. The number of anilines is 2. The van der Waals surface area contributed by atoms with Gasteiger partial charge < -0.3 is 15.5 Å². The van der Waals surface area contributed by atoms with Crippen molar-refractivity contribution in [1.29, 1.82) is 5.26 Å². The lowest BCUT2D eigenvalue weighted by Crippen LogP contribution is -2.49. The molecule has 0 atom stereocenters. The summed E-state index contributed by atoms with van der Waals surface area (Å²) in [7, 11) is 0. The van der Waals surface area contributed by atoms with Gasteiger partial charge in [-0.3, -0.25) is 4.79 Å². The van der Waals surface area contributed by atoms with Crippen molar-refractivity contribution >= 4 is 17.3 Å². The summed E-state index contributed by atoms with van der Waals surface area (Å²) in [5, 5.41) is 8.97. The highest BCUT2D eigenvalue weighted by atomic mass is 19.1. The second-order valence-electron chi connectivity index (χ2n) is 6.12. The zero-order chi connectivity index (χ0) is 18.0. The summed E-state index contributed by atoms with van der Waals surface area (Å²) in [4.78, 5) is 16.5. The van der Waals surface area contributed by atoms with Crippen LogP contribution in [-0.4, -0.2) is 37.0 Å². The van der Waals surface area contributed by atoms with Crippen LogP contribution in [0.2, 0.25) is 0 Å². The van der Waals surface area contributed by atoms with Gasteiger partial charge in [0.1, 0.15) is 5.82 Å². The van der Waals surface area contributed by atoms with Crippen molar-refractivity contribution in [3.63, 3.8) is 0 Å². The van der Waals surface area contributed by atoms with Gasteiger partial charge in [-0.05, 0) is 48.9 Å². The minimum absolute atomic E-state index is 0.162. The maximum absolute atomic E-state index is 13.2. The Balaban J connectivity index is 1.69. The molecule has 1 aliphatic heterocycles. The van der Waals surface area contributed by atoms with Crippen molar-refractivity contribution in [3.8, 4) is 6.07 Å². The number of amides is 1. The number of rotatable bonds is 2. The Morgan fingerprint density at radius 3 is 2.48 bits per heavy atom. The van der Waals surface area contributed by atoms with Gasteiger partial charge in [0.2, 0.25) is 0 Å². The molecule has 2 N–H and O–H groups in total. The number of piperazine rings is 1. The molecule has 0 spiro atoms. The van der Waals surface area contributed by atoms with Crippen LogP contribution in [-0.2, 0) is 0 Å². The van der Waals surface area contributed by atoms with Crippen LogP contribution < -0.4 is 10.6 Å². The molecule has 1 saturated heterocycles. The fourth-order valence-corrected chi connectivity index (χ4v) is 3.13. The highest BCUT2D eigenvalue weighted by molar-refractivity contribution is 5.99. The Morgan fingerprint density at radius 2 is 1.88 bits per heavy atom. The molecule has 1 aliphatic rings. The predicted molar refractivity (Wildman–Crippen MR) is 94.8 cm³/mol. The monoisotopic (exact) mass is 338 g/mol. The molecule has 128 valence electrons. The second kappa shape index (κ2) is 6.81. The number of carbonyl (C=O) groups is 1. The van der Waals surface area contributed by atoms with E-state index in [1.54, 1.807) is 11.0 Å². The number of hydrogen-bond acceptors (Lipinski definition) is 4. The quantitative estimate of drug-likeness (QED) is 0.854. The maximum atomic E-state index is 13.2. The third kappa shape index (κ3) is 3.41. The molecule has 3 rings (SSSR count). The molecule has 5 nitrogen and oxygen atoms in total. The minimum atomic E-state index is -0.449. The summed E-state index contributed by atoms with van der Waals surface area (Å²) in [5.74, 6) is -0.621. The third-order valence-corrected chi connectivity index (χ3v) is 4.48. The molecule has 1 heterocycles. The number of aryl methyl sites for hydroxylation is 1. The number of nitrogens with zero attached hydrogens (tertiary/aromatic N) is 3. The molecule has 1 fully saturated rings. The Morgan fingerprint density at radius 1 is 1.16 bits per heavy atom. The number of benzene rings is 2. The van der Waals surface area contributed by atoms with Crippen LogP contribution in [0.4, 0.5) is 15.8 Å². The lowest BCUT2D eigenvalue weighted by Gasteiger charge is -2.37. The molecule has 0 radical (unpaired) electrons. The predicted octanol–water partition coefficient (Wildman–Crippen LogP) is 2.55. The minimum Gasteiger partial charge on any atom is -0.398 e. The number of nitrogen functional groups attached to an aromatic ring is 1. The van der Waals surface area contributed by atoms with Crippen molar-refractivity contribution in [1.82, 2.24) is 4.90 Å². The third-order valence-electron chi connectivity index (χ3n) is 4.48. The van der Waals surface area contributed by atoms with E-state index in [4.69, 9.17) is 11.0 Å². The van der Waals surface area contributed by atoms with Gasteiger partial charge in [0.25, 0.3) is 5.91 Å². The van der Waals surface area contributed by atoms with Gasteiger partial charge in [-0.15, -0.1) is 0 Å². The summed E-state index contributed by atoms with van der Waals surface area (Å²) in [6.45, 7) is 4.50. The van der Waals surface area contributed by atoms with E-state index in [1.807, 2.05) is 19.1 Å². The van der Waals surface area contributed by atoms with Crippen LogP contribution in [0, 0.1) is 24.1 Å². The summed E-state index contributed by atoms with van der Waals surface area (Å²) in [6, 6.07) is 11.6. The van der Waals surface area contributed by atoms with Gasteiger partial charge in [0, 0.05) is 37.6 Å². The molecule has 1 amide bonds. The number of carbonyl (C=O) groups excluding carboxylic acids is 1. The lowest BCUT2D eigenvalue weighted by atomic mass is 10.1. The van der Waals surface area contributed by atoms with Gasteiger partial charge in [-0.2, -0.15) is 5.26 Å². The zero-order valence-electron chi connectivity index (χ0n) is 14.0. The van der Waals surface area contributed by atoms with E-state index < -0.39 is 5.82 Å². The fraction of sp³-hybridized carbons (Fsp3) is 0.263. The maximum Gasteiger partial charge on any atom is 0.256 e. The molecular weight excluding hydrogens is 319 g/mol. The molecule has 2 aromatic carbocycles. The average molecular weight is 338 g/mol. The normalized spacial score (nSPS) is 14.3. The summed E-state index contributed by atoms with van der Waals surface area (Å²) in [5.41, 5.74) is 9.03. The molecule has 0 saturated carbocycles. The van der Waals surface area contributed by atoms with E-state index >= 15 is 0 Å². The van der Waals surface area contributed by atoms with Crippen LogP contribution in [0.15, 0.2) is 36.4 Å². The summed E-state index contributed by atoms with van der Waals surface area (Å²) < 4.78 is 13.2. The summed E-state index contributed by atoms with van der Waals surface area (Å²) in [6.07, 6.45) is 0. The van der Waals surface area contributed by atoms with E-state index in [2.05, 4.69) is 11.0 Å². The van der Waals surface area contributed by atoms with Crippen molar-refractivity contribution in [2.45, 2.75) is 6.92 Å². The Bertz CT molecular complexity index is 851. The molecule has 0 aliphatic carbocycles. The first-order valence-electron chi connectivity index (χ1n) is 8.09. The molecule has 2 aromatic rings. The molecule has 25 heavy (non-hydrogen) atoms. The molecule has 0 aromatic heterocycles. The van der Waals surface area contributed by atoms with Gasteiger partial charge in [0.05, 0.1) is 17.2 Å². The molecular formula is C19H19FN4O. The van der Waals surface area contributed by atoms with Crippen molar-refractivity contribution in [2.75, 3.05) is 36.8 Å². The standard InChI is InChI=1S/C19H19FN4O/c1-13-10-14(12-21)2-5-18(13)23-6-8-24(9-7-23)19(25)16-4-3-15(20)11-17(16)22/h2-5,10-11H,6-9,22H2,1H3. The van der Waals surface area contributed by atoms with Crippen molar-refractivity contribution in [2.24, 2.45) is 0 Å². The SMILES string of the molecule is Cc1cc(C#N)ccc1N1CCN(C(=O)c2ccc(F)cc2N)CC1. The molecule has 0 unspecified atom stereocenters. The van der Waals surface area contributed by atoms with E-state index in [-0.39, 0.29) is 11.6 Å². The first kappa shape index (κ1) is 16.8. The van der Waals surface area contributed by atoms with E-state index in [9.17, 15) is 9.18 Å². The van der Waals surface area contributed by atoms with Crippen LogP contribution in [0.25, 0.3) is 0 Å². The Labute approximate surface area is 146 Å². The zero-order valence-corrected chi connectivity index (χ0v) is 14.0. The number of halogens is 1. The largest absolute Gasteiger partial charge is 0.398 e. The Kier molecular flexibility index (Phi) is 4.57. The van der Waals surface area contributed by atoms with Crippen molar-refractivity contribution in [3.05, 3.63) is 58.9 Å². The van der Waals surface area contributed by atoms with Crippen LogP contribution >= 0.6 is 0 Å². The van der Waals surface area contributed by atoms with E-state index in [0.717, 1.165) is 11.3 Å². The smallest absolute Gasteiger partial charge is 0.256 e. The highest BCUT2D eigenvalue weighted by Crippen LogP contribution is 2.23. The fourth-order valence-electron chi connectivity index (χ4n) is 3.13. The molecule has 0 bridgehead atoms. The van der Waals surface area contributed by atoms with Crippen LogP contribution in [0.3, 0.4) is 0 Å². The number of nitrogens with two attached hydrogens (primary N) is 1. The highest BCUT2D eigenvalue weighted by Gasteiger charge is 2.24. The molecule has 6 heteroatoms. The van der Waals surface area contributed by atoms with Gasteiger partial charge in [0.15, 0.2) is 0 Å². The second-order valence-corrected chi connectivity index (χ2v) is 6.12. The van der Waals surface area contributed by atoms with E-state index in [0.29, 0.717) is 37.3 Å². The number of hydrogen-bond donors (Lipinski definition) is 1. The average Bonchev–Trinajstić information content (AvgIpc) is 2.61. The lowest BCUT2D eigenvalue weighted by molar-refractivity contribution is 0.0748. The van der Waals surface area contributed by atoms with Crippen molar-refractivity contribution < 1.29 is 9.18 Å². The summed E-state index contributed by atoms with van der Waals surface area (Å²) >= 11 is 0. The first-order valence-corrected chi connectivity index (χ1v) is 8.09. The first-order chi connectivity index (χ1) is 12.0. The van der Waals surface area contributed by atoms with Crippen LogP contribution in [0.5, 0.6) is 0 Å². The van der Waals surface area contributed by atoms with Gasteiger partial charge in [-0.1, -0.05) is 0 Å².